The second-order valence-corrected chi connectivity index (χ2v) is 6.98. The highest BCUT2D eigenvalue weighted by Gasteiger charge is 2.22. The number of carbonyl (C=O) groups excluding carboxylic acids is 1. The van der Waals surface area contributed by atoms with Crippen molar-refractivity contribution in [3.05, 3.63) is 29.8 Å². The molecule has 2 rings (SSSR count). The van der Waals surface area contributed by atoms with Gasteiger partial charge in [-0.25, -0.2) is 4.79 Å². The number of ether oxygens (including phenoxy) is 1. The first kappa shape index (κ1) is 19.6. The van der Waals surface area contributed by atoms with Crippen molar-refractivity contribution in [3.8, 4) is 5.75 Å². The topological polar surface area (TPSA) is 44.8 Å². The average Bonchev–Trinajstić information content (AvgIpc) is 2.64. The Kier molecular flexibility index (Phi) is 8.06. The lowest BCUT2D eigenvalue weighted by Crippen LogP contribution is -2.45. The largest absolute Gasteiger partial charge is 0.496 e. The van der Waals surface area contributed by atoms with Gasteiger partial charge in [0.15, 0.2) is 0 Å². The first-order chi connectivity index (χ1) is 12.1. The molecule has 1 N–H and O–H groups in total. The molecule has 0 aromatic heterocycles. The van der Waals surface area contributed by atoms with E-state index in [4.69, 9.17) is 4.74 Å². The van der Waals surface area contributed by atoms with E-state index in [1.54, 1.807) is 7.11 Å². The fraction of sp³-hybridized carbons (Fsp3) is 0.650. The van der Waals surface area contributed by atoms with Crippen LogP contribution in [0.4, 0.5) is 4.79 Å². The molecule has 0 spiro atoms. The highest BCUT2D eigenvalue weighted by molar-refractivity contribution is 5.73. The zero-order valence-corrected chi connectivity index (χ0v) is 16.0. The molecule has 25 heavy (non-hydrogen) atoms. The quantitative estimate of drug-likeness (QED) is 0.786. The zero-order chi connectivity index (χ0) is 18.1. The summed E-state index contributed by atoms with van der Waals surface area (Å²) in [5.41, 5.74) is 1.27. The lowest BCUT2D eigenvalue weighted by atomic mass is 9.97. The third-order valence-electron chi connectivity index (χ3n) is 4.90. The third kappa shape index (κ3) is 6.24. The molecule has 0 bridgehead atoms. The fourth-order valence-electron chi connectivity index (χ4n) is 3.53. The summed E-state index contributed by atoms with van der Waals surface area (Å²) in [6.45, 7) is 6.92. The lowest BCUT2D eigenvalue weighted by Gasteiger charge is -2.34. The Hall–Kier alpha value is -1.75. The van der Waals surface area contributed by atoms with Crippen LogP contribution in [0.15, 0.2) is 24.3 Å². The number of amides is 2. The molecule has 1 heterocycles. The van der Waals surface area contributed by atoms with Gasteiger partial charge in [-0.1, -0.05) is 25.1 Å². The maximum atomic E-state index is 12.0. The minimum absolute atomic E-state index is 0.0491. The van der Waals surface area contributed by atoms with Crippen LogP contribution in [0.5, 0.6) is 5.75 Å². The van der Waals surface area contributed by atoms with E-state index in [0.29, 0.717) is 5.92 Å². The van der Waals surface area contributed by atoms with Crippen LogP contribution in [0.2, 0.25) is 0 Å². The fourth-order valence-corrected chi connectivity index (χ4v) is 3.53. The summed E-state index contributed by atoms with van der Waals surface area (Å²) >= 11 is 0. The number of hydrogen-bond acceptors (Lipinski definition) is 3. The summed E-state index contributed by atoms with van der Waals surface area (Å²) < 4.78 is 5.45. The van der Waals surface area contributed by atoms with Crippen molar-refractivity contribution in [3.63, 3.8) is 0 Å². The Morgan fingerprint density at radius 3 is 2.96 bits per heavy atom. The molecule has 0 saturated carbocycles. The van der Waals surface area contributed by atoms with E-state index in [0.717, 1.165) is 51.3 Å². The van der Waals surface area contributed by atoms with E-state index < -0.39 is 0 Å². The van der Waals surface area contributed by atoms with Crippen LogP contribution in [0.1, 0.15) is 31.7 Å². The molecule has 1 aromatic rings. The summed E-state index contributed by atoms with van der Waals surface area (Å²) in [6, 6.07) is 8.30. The molecule has 5 nitrogen and oxygen atoms in total. The van der Waals surface area contributed by atoms with Crippen LogP contribution in [0.25, 0.3) is 0 Å². The van der Waals surface area contributed by atoms with Crippen LogP contribution in [0, 0.1) is 5.92 Å². The monoisotopic (exact) mass is 347 g/mol. The first-order valence-corrected chi connectivity index (χ1v) is 9.47. The van der Waals surface area contributed by atoms with Gasteiger partial charge in [0.25, 0.3) is 0 Å². The van der Waals surface area contributed by atoms with Crippen molar-refractivity contribution in [1.29, 1.82) is 0 Å². The second-order valence-electron chi connectivity index (χ2n) is 6.98. The minimum atomic E-state index is 0.0491. The molecule has 0 unspecified atom stereocenters. The van der Waals surface area contributed by atoms with Gasteiger partial charge in [-0.3, -0.25) is 0 Å². The number of urea groups is 1. The molecule has 5 heteroatoms. The molecule has 1 aliphatic heterocycles. The molecule has 0 radical (unpaired) electrons. The van der Waals surface area contributed by atoms with Crippen molar-refractivity contribution < 1.29 is 9.53 Å². The number of piperidine rings is 1. The molecule has 140 valence electrons. The number of para-hydroxylation sites is 1. The number of likely N-dealkylation sites (tertiary alicyclic amines) is 1. The van der Waals surface area contributed by atoms with Gasteiger partial charge in [0.1, 0.15) is 5.75 Å². The maximum Gasteiger partial charge on any atom is 0.317 e. The molecule has 1 atom stereocenters. The van der Waals surface area contributed by atoms with Crippen LogP contribution in [0.3, 0.4) is 0 Å². The van der Waals surface area contributed by atoms with Gasteiger partial charge in [-0.2, -0.15) is 0 Å². The van der Waals surface area contributed by atoms with Crippen LogP contribution in [-0.4, -0.2) is 62.7 Å². The Balaban J connectivity index is 1.79. The number of nitrogens with one attached hydrogen (secondary N) is 1. The van der Waals surface area contributed by atoms with Gasteiger partial charge in [0.05, 0.1) is 7.11 Å². The average molecular weight is 348 g/mol. The lowest BCUT2D eigenvalue weighted by molar-refractivity contribution is 0.146. The Labute approximate surface area is 152 Å². The Morgan fingerprint density at radius 2 is 2.20 bits per heavy atom. The van der Waals surface area contributed by atoms with Gasteiger partial charge in [-0.15, -0.1) is 0 Å². The number of hydrogen-bond donors (Lipinski definition) is 1. The van der Waals surface area contributed by atoms with E-state index >= 15 is 0 Å². The van der Waals surface area contributed by atoms with E-state index in [-0.39, 0.29) is 6.03 Å². The molecule has 1 aliphatic rings. The molecule has 1 fully saturated rings. The van der Waals surface area contributed by atoms with Crippen molar-refractivity contribution in [1.82, 2.24) is 15.1 Å². The van der Waals surface area contributed by atoms with E-state index in [1.807, 2.05) is 24.1 Å². The van der Waals surface area contributed by atoms with Gasteiger partial charge >= 0.3 is 6.03 Å². The molecule has 1 saturated heterocycles. The van der Waals surface area contributed by atoms with Crippen LogP contribution in [-0.2, 0) is 6.42 Å². The van der Waals surface area contributed by atoms with Crippen LogP contribution < -0.4 is 10.1 Å². The normalized spacial score (nSPS) is 18.0. The van der Waals surface area contributed by atoms with Gasteiger partial charge < -0.3 is 19.9 Å². The third-order valence-corrected chi connectivity index (χ3v) is 4.90. The highest BCUT2D eigenvalue weighted by Crippen LogP contribution is 2.21. The highest BCUT2D eigenvalue weighted by atomic mass is 16.5. The van der Waals surface area contributed by atoms with Crippen molar-refractivity contribution in [2.75, 3.05) is 46.9 Å². The summed E-state index contributed by atoms with van der Waals surface area (Å²) in [6.07, 6.45) is 4.39. The predicted molar refractivity (Wildman–Crippen MR) is 102 cm³/mol. The zero-order valence-electron chi connectivity index (χ0n) is 16.0. The summed E-state index contributed by atoms with van der Waals surface area (Å²) in [5, 5.41) is 2.95. The molecule has 1 aromatic carbocycles. The van der Waals surface area contributed by atoms with E-state index in [9.17, 15) is 4.79 Å². The summed E-state index contributed by atoms with van der Waals surface area (Å²) in [7, 11) is 3.63. The Bertz CT molecular complexity index is 535. The predicted octanol–water partition coefficient (Wildman–Crippen LogP) is 3.00. The SMILES string of the molecule is CCCNC(=O)N(C)C[C@H]1CCCN(CCc2ccccc2OC)C1. The minimum Gasteiger partial charge on any atom is -0.496 e. The molecule has 0 aliphatic carbocycles. The molecule has 2 amide bonds. The smallest absolute Gasteiger partial charge is 0.317 e. The maximum absolute atomic E-state index is 12.0. The number of carbonyl (C=O) groups is 1. The number of benzene rings is 1. The molecular weight excluding hydrogens is 314 g/mol. The van der Waals surface area contributed by atoms with Gasteiger partial charge in [0.2, 0.25) is 0 Å². The first-order valence-electron chi connectivity index (χ1n) is 9.47. The number of nitrogens with zero attached hydrogens (tertiary/aromatic N) is 2. The summed E-state index contributed by atoms with van der Waals surface area (Å²) in [5.74, 6) is 1.53. The van der Waals surface area contributed by atoms with Gasteiger partial charge in [-0.05, 0) is 49.8 Å². The van der Waals surface area contributed by atoms with Gasteiger partial charge in [0, 0.05) is 33.2 Å². The number of rotatable bonds is 8. The Morgan fingerprint density at radius 1 is 1.40 bits per heavy atom. The second kappa shape index (κ2) is 10.3. The van der Waals surface area contributed by atoms with Crippen molar-refractivity contribution in [2.45, 2.75) is 32.6 Å². The summed E-state index contributed by atoms with van der Waals surface area (Å²) in [4.78, 5) is 16.4. The van der Waals surface area contributed by atoms with Crippen LogP contribution >= 0.6 is 0 Å². The number of methoxy groups -OCH3 is 1. The van der Waals surface area contributed by atoms with Crippen molar-refractivity contribution in [2.24, 2.45) is 5.92 Å². The van der Waals surface area contributed by atoms with E-state index in [1.165, 1.54) is 18.4 Å². The standard InChI is InChI=1S/C20H33N3O2/c1-4-12-21-20(24)22(2)15-17-8-7-13-23(16-17)14-11-18-9-5-6-10-19(18)25-3/h5-6,9-10,17H,4,7-8,11-16H2,1-3H3,(H,21,24)/t17-/m1/s1. The molecular formula is C20H33N3O2. The van der Waals surface area contributed by atoms with E-state index in [2.05, 4.69) is 29.3 Å². The van der Waals surface area contributed by atoms with Crippen molar-refractivity contribution >= 4 is 6.03 Å².